The molecule has 1 aromatic heterocycles. The molecule has 1 aliphatic rings. The van der Waals surface area contributed by atoms with Crippen LogP contribution in [0.3, 0.4) is 0 Å². The highest BCUT2D eigenvalue weighted by atomic mass is 16.3. The van der Waals surface area contributed by atoms with Gasteiger partial charge in [-0.2, -0.15) is 0 Å². The highest BCUT2D eigenvalue weighted by molar-refractivity contribution is 5.79. The Morgan fingerprint density at radius 3 is 2.70 bits per heavy atom. The van der Waals surface area contributed by atoms with Crippen LogP contribution < -0.4 is 0 Å². The van der Waals surface area contributed by atoms with Crippen LogP contribution in [0, 0.1) is 0 Å². The van der Waals surface area contributed by atoms with Crippen molar-refractivity contribution in [2.24, 2.45) is 0 Å². The maximum Gasteiger partial charge on any atom is 0.227 e. The third-order valence-corrected chi connectivity index (χ3v) is 4.38. The zero-order valence-electron chi connectivity index (χ0n) is 11.8. The SMILES string of the molecule is CC1(C)CCc2cc3oc(-c4ccccc4)nc3cc21. The van der Waals surface area contributed by atoms with E-state index >= 15 is 0 Å². The third kappa shape index (κ3) is 1.68. The summed E-state index contributed by atoms with van der Waals surface area (Å²) in [6.07, 6.45) is 2.35. The lowest BCUT2D eigenvalue weighted by molar-refractivity contribution is 0.522. The molecule has 2 nitrogen and oxygen atoms in total. The molecular formula is C18H17NO. The first-order valence-electron chi connectivity index (χ1n) is 7.13. The van der Waals surface area contributed by atoms with Crippen LogP contribution in [0.15, 0.2) is 46.9 Å². The smallest absolute Gasteiger partial charge is 0.227 e. The third-order valence-electron chi connectivity index (χ3n) is 4.38. The number of benzene rings is 2. The van der Waals surface area contributed by atoms with Crippen molar-refractivity contribution in [1.82, 2.24) is 4.98 Å². The summed E-state index contributed by atoms with van der Waals surface area (Å²) in [7, 11) is 0. The predicted octanol–water partition coefficient (Wildman–Crippen LogP) is 4.72. The molecule has 20 heavy (non-hydrogen) atoms. The lowest BCUT2D eigenvalue weighted by Gasteiger charge is -2.18. The summed E-state index contributed by atoms with van der Waals surface area (Å²) in [6, 6.07) is 14.5. The van der Waals surface area contributed by atoms with Gasteiger partial charge in [0.15, 0.2) is 5.58 Å². The second kappa shape index (κ2) is 3.95. The van der Waals surface area contributed by atoms with Crippen LogP contribution >= 0.6 is 0 Å². The molecule has 0 spiro atoms. The minimum Gasteiger partial charge on any atom is -0.436 e. The Morgan fingerprint density at radius 2 is 1.90 bits per heavy atom. The monoisotopic (exact) mass is 263 g/mol. The van der Waals surface area contributed by atoms with Crippen molar-refractivity contribution in [3.05, 3.63) is 53.6 Å². The van der Waals surface area contributed by atoms with Gasteiger partial charge in [0.25, 0.3) is 0 Å². The van der Waals surface area contributed by atoms with Crippen molar-refractivity contribution in [1.29, 1.82) is 0 Å². The quantitative estimate of drug-likeness (QED) is 0.635. The first kappa shape index (κ1) is 11.7. The van der Waals surface area contributed by atoms with Gasteiger partial charge in [-0.25, -0.2) is 4.98 Å². The van der Waals surface area contributed by atoms with E-state index < -0.39 is 0 Å². The molecule has 0 aliphatic heterocycles. The van der Waals surface area contributed by atoms with Crippen molar-refractivity contribution in [3.8, 4) is 11.5 Å². The molecule has 2 heteroatoms. The maximum atomic E-state index is 5.94. The van der Waals surface area contributed by atoms with Crippen molar-refractivity contribution in [2.75, 3.05) is 0 Å². The molecule has 0 radical (unpaired) electrons. The standard InChI is InChI=1S/C18H17NO/c1-18(2)9-8-13-10-16-15(11-14(13)18)19-17(20-16)12-6-4-3-5-7-12/h3-7,10-11H,8-9H2,1-2H3. The van der Waals surface area contributed by atoms with E-state index in [4.69, 9.17) is 4.42 Å². The summed E-state index contributed by atoms with van der Waals surface area (Å²) < 4.78 is 5.94. The zero-order valence-corrected chi connectivity index (χ0v) is 11.8. The van der Waals surface area contributed by atoms with Crippen LogP contribution in [0.2, 0.25) is 0 Å². The summed E-state index contributed by atoms with van der Waals surface area (Å²) in [5.74, 6) is 0.710. The van der Waals surface area contributed by atoms with Crippen molar-refractivity contribution in [3.63, 3.8) is 0 Å². The largest absolute Gasteiger partial charge is 0.436 e. The van der Waals surface area contributed by atoms with Crippen molar-refractivity contribution < 1.29 is 4.42 Å². The molecule has 1 aliphatic carbocycles. The molecule has 0 atom stereocenters. The van der Waals surface area contributed by atoms with Crippen LogP contribution in [0.4, 0.5) is 0 Å². The fraction of sp³-hybridized carbons (Fsp3) is 0.278. The van der Waals surface area contributed by atoms with Crippen LogP contribution in [0.1, 0.15) is 31.4 Å². The van der Waals surface area contributed by atoms with Gasteiger partial charge in [-0.3, -0.25) is 0 Å². The average molecular weight is 263 g/mol. The summed E-state index contributed by atoms with van der Waals surface area (Å²) in [5.41, 5.74) is 6.01. The molecule has 0 amide bonds. The Morgan fingerprint density at radius 1 is 1.10 bits per heavy atom. The number of hydrogen-bond donors (Lipinski definition) is 0. The molecule has 100 valence electrons. The molecule has 1 heterocycles. The van der Waals surface area contributed by atoms with Crippen LogP contribution in [-0.4, -0.2) is 4.98 Å². The molecule has 0 saturated carbocycles. The minimum absolute atomic E-state index is 0.259. The van der Waals surface area contributed by atoms with E-state index in [1.807, 2.05) is 30.3 Å². The number of aromatic nitrogens is 1. The molecule has 0 N–H and O–H groups in total. The van der Waals surface area contributed by atoms with Gasteiger partial charge in [-0.1, -0.05) is 32.0 Å². The molecule has 0 bridgehead atoms. The van der Waals surface area contributed by atoms with E-state index in [0.717, 1.165) is 23.1 Å². The second-order valence-corrected chi connectivity index (χ2v) is 6.25. The van der Waals surface area contributed by atoms with Crippen molar-refractivity contribution in [2.45, 2.75) is 32.1 Å². The Labute approximate surface area is 118 Å². The van der Waals surface area contributed by atoms with E-state index in [1.54, 1.807) is 0 Å². The Hall–Kier alpha value is -2.09. The molecule has 0 saturated heterocycles. The summed E-state index contributed by atoms with van der Waals surface area (Å²) in [4.78, 5) is 4.66. The molecule has 0 fully saturated rings. The summed E-state index contributed by atoms with van der Waals surface area (Å²) in [6.45, 7) is 4.62. The first-order valence-corrected chi connectivity index (χ1v) is 7.13. The van der Waals surface area contributed by atoms with Crippen LogP contribution in [-0.2, 0) is 11.8 Å². The zero-order chi connectivity index (χ0) is 13.7. The Balaban J connectivity index is 1.90. The highest BCUT2D eigenvalue weighted by Crippen LogP contribution is 2.40. The number of aryl methyl sites for hydroxylation is 1. The lowest BCUT2D eigenvalue weighted by Crippen LogP contribution is -2.11. The molecule has 2 aromatic carbocycles. The van der Waals surface area contributed by atoms with E-state index in [9.17, 15) is 0 Å². The fourth-order valence-corrected chi connectivity index (χ4v) is 3.14. The van der Waals surface area contributed by atoms with Gasteiger partial charge in [-0.15, -0.1) is 0 Å². The Bertz CT molecular complexity index is 784. The number of fused-ring (bicyclic) bond motifs is 2. The van der Waals surface area contributed by atoms with Gasteiger partial charge in [0.1, 0.15) is 5.52 Å². The van der Waals surface area contributed by atoms with Crippen LogP contribution in [0.25, 0.3) is 22.6 Å². The normalized spacial score (nSPS) is 16.5. The second-order valence-electron chi connectivity index (χ2n) is 6.25. The summed E-state index contributed by atoms with van der Waals surface area (Å²) >= 11 is 0. The molecular weight excluding hydrogens is 246 g/mol. The number of nitrogens with zero attached hydrogens (tertiary/aromatic N) is 1. The van der Waals surface area contributed by atoms with Gasteiger partial charge in [0.05, 0.1) is 0 Å². The number of rotatable bonds is 1. The topological polar surface area (TPSA) is 26.0 Å². The van der Waals surface area contributed by atoms with E-state index in [1.165, 1.54) is 17.5 Å². The van der Waals surface area contributed by atoms with Gasteiger partial charge < -0.3 is 4.42 Å². The Kier molecular flexibility index (Phi) is 2.31. The molecule has 4 rings (SSSR count). The van der Waals surface area contributed by atoms with Crippen LogP contribution in [0.5, 0.6) is 0 Å². The van der Waals surface area contributed by atoms with Crippen molar-refractivity contribution >= 4 is 11.1 Å². The highest BCUT2D eigenvalue weighted by Gasteiger charge is 2.30. The summed E-state index contributed by atoms with van der Waals surface area (Å²) in [5, 5.41) is 0. The van der Waals surface area contributed by atoms with E-state index in [0.29, 0.717) is 5.89 Å². The van der Waals surface area contributed by atoms with Gasteiger partial charge >= 0.3 is 0 Å². The minimum atomic E-state index is 0.259. The van der Waals surface area contributed by atoms with Gasteiger partial charge in [0, 0.05) is 5.56 Å². The maximum absolute atomic E-state index is 5.94. The first-order chi connectivity index (χ1) is 9.63. The predicted molar refractivity (Wildman–Crippen MR) is 80.8 cm³/mol. The molecule has 3 aromatic rings. The average Bonchev–Trinajstić information content (AvgIpc) is 2.99. The van der Waals surface area contributed by atoms with Gasteiger partial charge in [0.2, 0.25) is 5.89 Å². The lowest BCUT2D eigenvalue weighted by atomic mass is 9.86. The molecule has 0 unspecified atom stereocenters. The fourth-order valence-electron chi connectivity index (χ4n) is 3.14. The number of oxazole rings is 1. The van der Waals surface area contributed by atoms with Gasteiger partial charge in [-0.05, 0) is 53.6 Å². The van der Waals surface area contributed by atoms with E-state index in [-0.39, 0.29) is 5.41 Å². The van der Waals surface area contributed by atoms with E-state index in [2.05, 4.69) is 31.0 Å². The number of hydrogen-bond acceptors (Lipinski definition) is 2.